The summed E-state index contributed by atoms with van der Waals surface area (Å²) in [5.74, 6) is -0.112. The molecule has 1 N–H and O–H groups in total. The zero-order chi connectivity index (χ0) is 17.4. The van der Waals surface area contributed by atoms with Gasteiger partial charge in [-0.2, -0.15) is 5.10 Å². The molecule has 0 saturated heterocycles. The summed E-state index contributed by atoms with van der Waals surface area (Å²) in [6.07, 6.45) is 1.50. The lowest BCUT2D eigenvalue weighted by atomic mass is 10.1. The molecule has 0 radical (unpaired) electrons. The van der Waals surface area contributed by atoms with Gasteiger partial charge < -0.3 is 5.11 Å². The van der Waals surface area contributed by atoms with Crippen molar-refractivity contribution in [2.75, 3.05) is 0 Å². The topological polar surface area (TPSA) is 67.5 Å². The van der Waals surface area contributed by atoms with Crippen LogP contribution in [0.5, 0.6) is 5.75 Å². The minimum absolute atomic E-state index is 0.107. The Hall–Kier alpha value is -3.18. The van der Waals surface area contributed by atoms with Crippen molar-refractivity contribution in [3.05, 3.63) is 83.1 Å². The molecule has 0 fully saturated rings. The molecule has 4 rings (SSSR count). The van der Waals surface area contributed by atoms with Crippen molar-refractivity contribution >= 4 is 23.0 Å². The monoisotopic (exact) mass is 349 g/mol. The van der Waals surface area contributed by atoms with E-state index in [4.69, 9.17) is 11.6 Å². The largest absolute Gasteiger partial charge is 0.508 e. The van der Waals surface area contributed by atoms with E-state index in [0.717, 1.165) is 5.56 Å². The fourth-order valence-corrected chi connectivity index (χ4v) is 2.78. The maximum absolute atomic E-state index is 12.7. The molecule has 2 aromatic carbocycles. The van der Waals surface area contributed by atoms with Gasteiger partial charge in [-0.25, -0.2) is 9.50 Å². The number of carbonyl (C=O) groups is 1. The van der Waals surface area contributed by atoms with E-state index in [0.29, 0.717) is 27.6 Å². The quantitative estimate of drug-likeness (QED) is 0.568. The highest BCUT2D eigenvalue weighted by atomic mass is 35.5. The van der Waals surface area contributed by atoms with Gasteiger partial charge >= 0.3 is 0 Å². The first-order valence-electron chi connectivity index (χ1n) is 7.56. The van der Waals surface area contributed by atoms with Gasteiger partial charge in [-0.05, 0) is 48.5 Å². The standard InChI is InChI=1S/C19H12ClN3O2/c20-14-3-1-2-13(10-14)16-8-9-18-21-11-17(23(18)22-16)19(25)12-4-6-15(24)7-5-12/h1-11,24H. The van der Waals surface area contributed by atoms with E-state index in [2.05, 4.69) is 10.1 Å². The van der Waals surface area contributed by atoms with E-state index in [1.165, 1.54) is 22.8 Å². The second kappa shape index (κ2) is 6.03. The number of phenols is 1. The van der Waals surface area contributed by atoms with Gasteiger partial charge in [0.25, 0.3) is 0 Å². The minimum atomic E-state index is -0.219. The van der Waals surface area contributed by atoms with Gasteiger partial charge in [0, 0.05) is 16.1 Å². The summed E-state index contributed by atoms with van der Waals surface area (Å²) in [7, 11) is 0. The van der Waals surface area contributed by atoms with Crippen molar-refractivity contribution in [1.82, 2.24) is 14.6 Å². The number of hydrogen-bond donors (Lipinski definition) is 1. The van der Waals surface area contributed by atoms with Gasteiger partial charge in [0.15, 0.2) is 5.65 Å². The van der Waals surface area contributed by atoms with Crippen LogP contribution in [-0.2, 0) is 0 Å². The zero-order valence-electron chi connectivity index (χ0n) is 12.9. The van der Waals surface area contributed by atoms with Crippen LogP contribution in [0.1, 0.15) is 16.1 Å². The highest BCUT2D eigenvalue weighted by molar-refractivity contribution is 6.30. The first-order chi connectivity index (χ1) is 12.1. The summed E-state index contributed by atoms with van der Waals surface area (Å²) in [5, 5.41) is 14.5. The number of carbonyl (C=O) groups excluding carboxylic acids is 1. The lowest BCUT2D eigenvalue weighted by Crippen LogP contribution is -2.07. The third kappa shape index (κ3) is 2.86. The Labute approximate surface area is 148 Å². The Morgan fingerprint density at radius 3 is 2.60 bits per heavy atom. The highest BCUT2D eigenvalue weighted by Crippen LogP contribution is 2.22. The van der Waals surface area contributed by atoms with Gasteiger partial charge in [-0.1, -0.05) is 23.7 Å². The molecule has 0 aliphatic carbocycles. The number of aromatic nitrogens is 3. The number of fused-ring (bicyclic) bond motifs is 1. The Kier molecular flexibility index (Phi) is 3.71. The van der Waals surface area contributed by atoms with Crippen LogP contribution in [-0.4, -0.2) is 25.5 Å². The van der Waals surface area contributed by atoms with Crippen LogP contribution in [0, 0.1) is 0 Å². The van der Waals surface area contributed by atoms with Crippen LogP contribution in [0.2, 0.25) is 5.02 Å². The molecule has 2 aromatic heterocycles. The molecule has 4 aromatic rings. The zero-order valence-corrected chi connectivity index (χ0v) is 13.7. The van der Waals surface area contributed by atoms with Crippen molar-refractivity contribution in [3.8, 4) is 17.0 Å². The van der Waals surface area contributed by atoms with E-state index in [1.54, 1.807) is 24.3 Å². The van der Waals surface area contributed by atoms with E-state index >= 15 is 0 Å². The van der Waals surface area contributed by atoms with Crippen LogP contribution in [0.3, 0.4) is 0 Å². The summed E-state index contributed by atoms with van der Waals surface area (Å²) in [6, 6.07) is 17.1. The highest BCUT2D eigenvalue weighted by Gasteiger charge is 2.16. The summed E-state index contributed by atoms with van der Waals surface area (Å²) in [5.41, 5.74) is 2.92. The Balaban J connectivity index is 1.81. The smallest absolute Gasteiger partial charge is 0.213 e. The minimum Gasteiger partial charge on any atom is -0.508 e. The number of ketones is 1. The van der Waals surface area contributed by atoms with Crippen LogP contribution in [0.25, 0.3) is 16.9 Å². The van der Waals surface area contributed by atoms with Crippen LogP contribution < -0.4 is 0 Å². The van der Waals surface area contributed by atoms with E-state index in [-0.39, 0.29) is 11.5 Å². The Bertz CT molecular complexity index is 1090. The fraction of sp³-hybridized carbons (Fsp3) is 0. The molecule has 0 unspecified atom stereocenters. The number of aromatic hydroxyl groups is 1. The number of benzene rings is 2. The SMILES string of the molecule is O=C(c1ccc(O)cc1)c1cnc2ccc(-c3cccc(Cl)c3)nn12. The molecule has 0 aliphatic rings. The molecule has 0 bridgehead atoms. The van der Waals surface area contributed by atoms with E-state index in [1.807, 2.05) is 24.3 Å². The Morgan fingerprint density at radius 1 is 1.04 bits per heavy atom. The average molecular weight is 350 g/mol. The van der Waals surface area contributed by atoms with Crippen molar-refractivity contribution in [2.45, 2.75) is 0 Å². The van der Waals surface area contributed by atoms with Crippen molar-refractivity contribution in [3.63, 3.8) is 0 Å². The van der Waals surface area contributed by atoms with Gasteiger partial charge in [0.1, 0.15) is 11.4 Å². The van der Waals surface area contributed by atoms with Crippen molar-refractivity contribution in [2.24, 2.45) is 0 Å². The fourth-order valence-electron chi connectivity index (χ4n) is 2.59. The molecule has 5 nitrogen and oxygen atoms in total. The number of rotatable bonds is 3. The number of halogens is 1. The van der Waals surface area contributed by atoms with Gasteiger partial charge in [0.2, 0.25) is 5.78 Å². The van der Waals surface area contributed by atoms with Crippen LogP contribution >= 0.6 is 11.6 Å². The van der Waals surface area contributed by atoms with Crippen LogP contribution in [0.15, 0.2) is 66.9 Å². The first kappa shape index (κ1) is 15.4. The molecule has 122 valence electrons. The van der Waals surface area contributed by atoms with Gasteiger partial charge in [-0.3, -0.25) is 4.79 Å². The molecule has 0 spiro atoms. The molecule has 0 saturated carbocycles. The molecular weight excluding hydrogens is 338 g/mol. The maximum atomic E-state index is 12.7. The van der Waals surface area contributed by atoms with E-state index in [9.17, 15) is 9.90 Å². The third-order valence-corrected chi connectivity index (χ3v) is 4.08. The Morgan fingerprint density at radius 2 is 1.84 bits per heavy atom. The predicted molar refractivity (Wildman–Crippen MR) is 95.0 cm³/mol. The lowest BCUT2D eigenvalue weighted by molar-refractivity contribution is 0.103. The number of hydrogen-bond acceptors (Lipinski definition) is 4. The number of nitrogens with zero attached hydrogens (tertiary/aromatic N) is 3. The van der Waals surface area contributed by atoms with E-state index < -0.39 is 0 Å². The number of imidazole rings is 1. The molecular formula is C19H12ClN3O2. The normalized spacial score (nSPS) is 10.9. The van der Waals surface area contributed by atoms with Crippen molar-refractivity contribution in [1.29, 1.82) is 0 Å². The average Bonchev–Trinajstić information content (AvgIpc) is 3.05. The molecule has 6 heteroatoms. The molecule has 0 aliphatic heterocycles. The molecule has 2 heterocycles. The summed E-state index contributed by atoms with van der Waals surface area (Å²) in [6.45, 7) is 0. The van der Waals surface area contributed by atoms with Crippen LogP contribution in [0.4, 0.5) is 0 Å². The predicted octanol–water partition coefficient (Wildman–Crippen LogP) is 3.99. The third-order valence-electron chi connectivity index (χ3n) is 3.84. The molecule has 0 amide bonds. The first-order valence-corrected chi connectivity index (χ1v) is 7.94. The summed E-state index contributed by atoms with van der Waals surface area (Å²) in [4.78, 5) is 17.0. The lowest BCUT2D eigenvalue weighted by Gasteiger charge is -2.05. The summed E-state index contributed by atoms with van der Waals surface area (Å²) >= 11 is 6.04. The summed E-state index contributed by atoms with van der Waals surface area (Å²) < 4.78 is 1.52. The van der Waals surface area contributed by atoms with Gasteiger partial charge in [-0.15, -0.1) is 0 Å². The molecule has 25 heavy (non-hydrogen) atoms. The van der Waals surface area contributed by atoms with Gasteiger partial charge in [0.05, 0.1) is 11.9 Å². The second-order valence-corrected chi connectivity index (χ2v) is 5.95. The maximum Gasteiger partial charge on any atom is 0.213 e. The second-order valence-electron chi connectivity index (χ2n) is 5.52. The molecule has 0 atom stereocenters. The van der Waals surface area contributed by atoms with Crippen molar-refractivity contribution < 1.29 is 9.90 Å². The number of phenolic OH excluding ortho intramolecular Hbond substituents is 1.